The zero-order valence-corrected chi connectivity index (χ0v) is 15.2. The van der Waals surface area contributed by atoms with Gasteiger partial charge in [0.05, 0.1) is 5.56 Å². The van der Waals surface area contributed by atoms with Crippen molar-refractivity contribution in [2.45, 2.75) is 44.1 Å². The smallest absolute Gasteiger partial charge is 0.372 e. The molecule has 1 aromatic heterocycles. The molecule has 0 amide bonds. The van der Waals surface area contributed by atoms with Gasteiger partial charge in [0.15, 0.2) is 6.23 Å². The second-order valence-electron chi connectivity index (χ2n) is 7.38. The van der Waals surface area contributed by atoms with Crippen LogP contribution in [0.4, 0.5) is 17.6 Å². The predicted molar refractivity (Wildman–Crippen MR) is 93.9 cm³/mol. The molecule has 2 aromatic rings. The molecule has 2 aliphatic rings. The van der Waals surface area contributed by atoms with E-state index in [9.17, 15) is 22.7 Å². The van der Waals surface area contributed by atoms with Gasteiger partial charge in [-0.1, -0.05) is 6.07 Å². The van der Waals surface area contributed by atoms with Crippen molar-refractivity contribution in [3.63, 3.8) is 0 Å². The van der Waals surface area contributed by atoms with Crippen molar-refractivity contribution in [1.82, 2.24) is 20.4 Å². The van der Waals surface area contributed by atoms with Crippen molar-refractivity contribution in [3.05, 3.63) is 52.1 Å². The number of hydrogen-bond donors (Lipinski definition) is 3. The fourth-order valence-electron chi connectivity index (χ4n) is 4.27. The molecule has 152 valence electrons. The summed E-state index contributed by atoms with van der Waals surface area (Å²) in [5, 5.41) is 21.2. The van der Waals surface area contributed by atoms with E-state index < -0.39 is 29.7 Å². The van der Waals surface area contributed by atoms with Crippen LogP contribution in [0.15, 0.2) is 18.2 Å². The highest BCUT2D eigenvalue weighted by Crippen LogP contribution is 2.41. The number of likely N-dealkylation sites (tertiary alicyclic amines) is 1. The molecule has 3 N–H and O–H groups in total. The summed E-state index contributed by atoms with van der Waals surface area (Å²) in [6.07, 6.45) is -4.03. The van der Waals surface area contributed by atoms with Gasteiger partial charge in [-0.3, -0.25) is 10.00 Å². The van der Waals surface area contributed by atoms with Crippen LogP contribution < -0.4 is 5.32 Å². The monoisotopic (exact) mass is 398 g/mol. The normalized spacial score (nSPS) is 20.2. The Morgan fingerprint density at radius 3 is 2.68 bits per heavy atom. The second kappa shape index (κ2) is 7.46. The minimum Gasteiger partial charge on any atom is -0.372 e. The number of piperidine rings is 1. The highest BCUT2D eigenvalue weighted by Gasteiger charge is 2.38. The predicted octanol–water partition coefficient (Wildman–Crippen LogP) is 3.08. The van der Waals surface area contributed by atoms with Crippen molar-refractivity contribution in [2.24, 2.45) is 0 Å². The van der Waals surface area contributed by atoms with E-state index in [4.69, 9.17) is 0 Å². The van der Waals surface area contributed by atoms with Gasteiger partial charge in [-0.2, -0.15) is 18.3 Å². The van der Waals surface area contributed by atoms with Crippen LogP contribution in [-0.4, -0.2) is 39.8 Å². The van der Waals surface area contributed by atoms with Gasteiger partial charge in [0.25, 0.3) is 0 Å². The minimum absolute atomic E-state index is 0.259. The topological polar surface area (TPSA) is 64.2 Å². The number of H-pyrrole nitrogens is 1. The van der Waals surface area contributed by atoms with Gasteiger partial charge >= 0.3 is 6.18 Å². The molecule has 0 bridgehead atoms. The van der Waals surface area contributed by atoms with Gasteiger partial charge in [0, 0.05) is 49.4 Å². The summed E-state index contributed by atoms with van der Waals surface area (Å²) in [5.74, 6) is -1.35. The SMILES string of the molecule is OC(c1n[nH]c2c1CNCC2)N1CCC(c2c(F)cccc2C(F)(F)F)CC1. The molecule has 1 aromatic carbocycles. The van der Waals surface area contributed by atoms with E-state index in [1.165, 1.54) is 0 Å². The molecule has 2 aliphatic heterocycles. The fraction of sp³-hybridized carbons (Fsp3) is 0.526. The summed E-state index contributed by atoms with van der Waals surface area (Å²) < 4.78 is 54.1. The van der Waals surface area contributed by atoms with Gasteiger partial charge < -0.3 is 10.4 Å². The number of nitrogens with zero attached hydrogens (tertiary/aromatic N) is 2. The Hall–Kier alpha value is -1.97. The third kappa shape index (κ3) is 3.54. The first-order valence-electron chi connectivity index (χ1n) is 9.40. The summed E-state index contributed by atoms with van der Waals surface area (Å²) in [6.45, 7) is 2.21. The summed E-state index contributed by atoms with van der Waals surface area (Å²) in [5.41, 5.74) is 1.35. The van der Waals surface area contributed by atoms with Crippen LogP contribution in [0.25, 0.3) is 0 Å². The Labute approximate surface area is 159 Å². The Morgan fingerprint density at radius 1 is 1.21 bits per heavy atom. The van der Waals surface area contributed by atoms with E-state index in [0.29, 0.717) is 38.2 Å². The highest BCUT2D eigenvalue weighted by molar-refractivity contribution is 5.35. The zero-order valence-electron chi connectivity index (χ0n) is 15.2. The molecule has 0 spiro atoms. The number of rotatable bonds is 3. The van der Waals surface area contributed by atoms with Crippen LogP contribution in [0.5, 0.6) is 0 Å². The number of alkyl halides is 3. The van der Waals surface area contributed by atoms with Gasteiger partial charge in [0.1, 0.15) is 11.5 Å². The molecule has 5 nitrogen and oxygen atoms in total. The third-order valence-corrected chi connectivity index (χ3v) is 5.72. The summed E-state index contributed by atoms with van der Waals surface area (Å²) >= 11 is 0. The van der Waals surface area contributed by atoms with Crippen LogP contribution in [0.3, 0.4) is 0 Å². The van der Waals surface area contributed by atoms with Crippen molar-refractivity contribution >= 4 is 0 Å². The van der Waals surface area contributed by atoms with E-state index in [-0.39, 0.29) is 5.56 Å². The summed E-state index contributed by atoms with van der Waals surface area (Å²) in [6, 6.07) is 3.10. The van der Waals surface area contributed by atoms with E-state index in [0.717, 1.165) is 42.4 Å². The van der Waals surface area contributed by atoms with Crippen molar-refractivity contribution in [1.29, 1.82) is 0 Å². The first kappa shape index (κ1) is 19.4. The Balaban J connectivity index is 1.49. The van der Waals surface area contributed by atoms with Crippen LogP contribution in [0.2, 0.25) is 0 Å². The van der Waals surface area contributed by atoms with Crippen molar-refractivity contribution in [2.75, 3.05) is 19.6 Å². The number of hydrogen-bond acceptors (Lipinski definition) is 4. The van der Waals surface area contributed by atoms with E-state index in [2.05, 4.69) is 15.5 Å². The van der Waals surface area contributed by atoms with Gasteiger partial charge in [-0.15, -0.1) is 0 Å². The van der Waals surface area contributed by atoms with Crippen LogP contribution in [-0.2, 0) is 19.1 Å². The maximum atomic E-state index is 14.2. The molecular weight excluding hydrogens is 376 g/mol. The van der Waals surface area contributed by atoms with Gasteiger partial charge in [0.2, 0.25) is 0 Å². The lowest BCUT2D eigenvalue weighted by Crippen LogP contribution is -2.37. The Morgan fingerprint density at radius 2 is 1.96 bits per heavy atom. The van der Waals surface area contributed by atoms with Crippen molar-refractivity contribution < 1.29 is 22.7 Å². The van der Waals surface area contributed by atoms with E-state index in [1.807, 2.05) is 0 Å². The number of halogens is 4. The molecule has 1 saturated heterocycles. The molecule has 0 radical (unpaired) electrons. The minimum atomic E-state index is -4.59. The number of benzene rings is 1. The van der Waals surface area contributed by atoms with Crippen LogP contribution in [0.1, 0.15) is 53.1 Å². The lowest BCUT2D eigenvalue weighted by molar-refractivity contribution is -0.138. The molecule has 28 heavy (non-hydrogen) atoms. The zero-order chi connectivity index (χ0) is 19.9. The number of nitrogens with one attached hydrogen (secondary N) is 2. The molecule has 0 aliphatic carbocycles. The molecule has 3 heterocycles. The first-order valence-corrected chi connectivity index (χ1v) is 9.40. The largest absolute Gasteiger partial charge is 0.416 e. The maximum absolute atomic E-state index is 14.2. The average molecular weight is 398 g/mol. The molecule has 1 atom stereocenters. The van der Waals surface area contributed by atoms with E-state index in [1.54, 1.807) is 4.90 Å². The fourth-order valence-corrected chi connectivity index (χ4v) is 4.27. The Kier molecular flexibility index (Phi) is 5.15. The van der Waals surface area contributed by atoms with Crippen LogP contribution >= 0.6 is 0 Å². The Bertz CT molecular complexity index is 843. The van der Waals surface area contributed by atoms with Gasteiger partial charge in [-0.05, 0) is 30.9 Å². The average Bonchev–Trinajstić information content (AvgIpc) is 3.11. The number of aromatic amines is 1. The molecule has 1 unspecified atom stereocenters. The first-order chi connectivity index (χ1) is 13.4. The summed E-state index contributed by atoms with van der Waals surface area (Å²) in [7, 11) is 0. The lowest BCUT2D eigenvalue weighted by atomic mass is 9.85. The highest BCUT2D eigenvalue weighted by atomic mass is 19.4. The van der Waals surface area contributed by atoms with Gasteiger partial charge in [-0.25, -0.2) is 4.39 Å². The maximum Gasteiger partial charge on any atom is 0.416 e. The molecule has 1 fully saturated rings. The number of aliphatic hydroxyl groups is 1. The van der Waals surface area contributed by atoms with E-state index >= 15 is 0 Å². The third-order valence-electron chi connectivity index (χ3n) is 5.72. The number of aromatic nitrogens is 2. The standard InChI is InChI=1S/C19H22F4N4O/c20-14-3-1-2-13(19(21,22)23)16(14)11-5-8-27(9-6-11)18(28)17-12-10-24-7-4-15(12)25-26-17/h1-3,11,18,24,28H,4-10H2,(H,25,26). The lowest BCUT2D eigenvalue weighted by Gasteiger charge is -2.35. The molecule has 9 heteroatoms. The summed E-state index contributed by atoms with van der Waals surface area (Å²) in [4.78, 5) is 1.79. The number of aliphatic hydroxyl groups excluding tert-OH is 1. The quantitative estimate of drug-likeness (QED) is 0.696. The van der Waals surface area contributed by atoms with Crippen molar-refractivity contribution in [3.8, 4) is 0 Å². The van der Waals surface area contributed by atoms with Crippen LogP contribution in [0, 0.1) is 5.82 Å². The molecular formula is C19H22F4N4O. The second-order valence-corrected chi connectivity index (χ2v) is 7.38. The molecule has 4 rings (SSSR count). The number of fused-ring (bicyclic) bond motifs is 1. The molecule has 0 saturated carbocycles.